The topological polar surface area (TPSA) is 32.8 Å². The van der Waals surface area contributed by atoms with E-state index in [9.17, 15) is 9.18 Å². The van der Waals surface area contributed by atoms with Gasteiger partial charge in [-0.2, -0.15) is 0 Å². The third kappa shape index (κ3) is 5.69. The molecule has 5 heteroatoms. The maximum atomic E-state index is 13.2. The predicted octanol–water partition coefficient (Wildman–Crippen LogP) is 6.11. The first kappa shape index (κ1) is 22.8. The maximum absolute atomic E-state index is 13.2. The Morgan fingerprint density at radius 3 is 2.38 bits per heavy atom. The van der Waals surface area contributed by atoms with E-state index in [-0.39, 0.29) is 18.0 Å². The second-order valence-electron chi connectivity index (χ2n) is 9.27. The fraction of sp³-hybridized carbons (Fsp3) is 0.519. The van der Waals surface area contributed by atoms with Crippen molar-refractivity contribution in [3.8, 4) is 0 Å². The van der Waals surface area contributed by atoms with Gasteiger partial charge in [-0.15, -0.1) is 0 Å². The second-order valence-corrected chi connectivity index (χ2v) is 9.27. The van der Waals surface area contributed by atoms with E-state index in [2.05, 4.69) is 29.2 Å². The number of hydrogen-bond acceptors (Lipinski definition) is 3. The Morgan fingerprint density at radius 2 is 1.69 bits per heavy atom. The summed E-state index contributed by atoms with van der Waals surface area (Å²) in [7, 11) is 1.49. The number of halogens is 1. The van der Waals surface area contributed by atoms with Crippen LogP contribution in [0.25, 0.3) is 0 Å². The fourth-order valence-electron chi connectivity index (χ4n) is 5.36. The molecule has 2 fully saturated rings. The highest BCUT2D eigenvalue weighted by Crippen LogP contribution is 2.33. The normalized spacial score (nSPS) is 18.4. The average molecular weight is 439 g/mol. The number of likely N-dealkylation sites (tertiary alicyclic amines) is 1. The van der Waals surface area contributed by atoms with Gasteiger partial charge in [0.2, 0.25) is 0 Å². The minimum atomic E-state index is -0.208. The van der Waals surface area contributed by atoms with Crippen LogP contribution >= 0.6 is 0 Å². The van der Waals surface area contributed by atoms with Crippen LogP contribution in [0.4, 0.5) is 9.18 Å². The van der Waals surface area contributed by atoms with Gasteiger partial charge in [0.05, 0.1) is 7.11 Å². The minimum absolute atomic E-state index is 0.182. The summed E-state index contributed by atoms with van der Waals surface area (Å²) in [5.74, 6) is 0.319. The van der Waals surface area contributed by atoms with Crippen LogP contribution in [0.15, 0.2) is 48.5 Å². The van der Waals surface area contributed by atoms with Gasteiger partial charge in [0.1, 0.15) is 5.82 Å². The molecular formula is C27H35FN2O2. The Labute approximate surface area is 191 Å². The van der Waals surface area contributed by atoms with Gasteiger partial charge in [-0.1, -0.05) is 55.7 Å². The van der Waals surface area contributed by atoms with Crippen molar-refractivity contribution >= 4 is 6.09 Å². The third-order valence-corrected chi connectivity index (χ3v) is 7.17. The highest BCUT2D eigenvalue weighted by molar-refractivity contribution is 5.68. The molecule has 1 aliphatic heterocycles. The summed E-state index contributed by atoms with van der Waals surface area (Å²) in [6, 6.07) is 15.7. The van der Waals surface area contributed by atoms with Crippen LogP contribution in [0.3, 0.4) is 0 Å². The summed E-state index contributed by atoms with van der Waals surface area (Å²) in [5.41, 5.74) is 3.78. The Hall–Kier alpha value is -2.40. The Morgan fingerprint density at radius 1 is 1.00 bits per heavy atom. The first-order chi connectivity index (χ1) is 15.6. The van der Waals surface area contributed by atoms with Crippen LogP contribution in [0.2, 0.25) is 0 Å². The van der Waals surface area contributed by atoms with Crippen molar-refractivity contribution in [3.63, 3.8) is 0 Å². The van der Waals surface area contributed by atoms with E-state index in [1.54, 1.807) is 0 Å². The van der Waals surface area contributed by atoms with Crippen molar-refractivity contribution in [2.45, 2.75) is 70.0 Å². The lowest BCUT2D eigenvalue weighted by atomic mass is 9.86. The SMILES string of the molecule is COC(=O)N(Cc1ccccc1C1CCN(Cc2ccc(F)cc2)CC1)C1CCCCC1. The number of carbonyl (C=O) groups excluding carboxylic acids is 1. The lowest BCUT2D eigenvalue weighted by Gasteiger charge is -2.36. The zero-order chi connectivity index (χ0) is 22.3. The van der Waals surface area contributed by atoms with E-state index < -0.39 is 0 Å². The molecular weight excluding hydrogens is 403 g/mol. The molecule has 1 aliphatic carbocycles. The second kappa shape index (κ2) is 11.0. The van der Waals surface area contributed by atoms with Crippen LogP contribution in [0, 0.1) is 5.82 Å². The van der Waals surface area contributed by atoms with E-state index in [0.29, 0.717) is 12.5 Å². The van der Waals surface area contributed by atoms with E-state index in [1.807, 2.05) is 17.0 Å². The molecule has 1 amide bonds. The first-order valence-electron chi connectivity index (χ1n) is 12.0. The average Bonchev–Trinajstić information content (AvgIpc) is 2.85. The highest BCUT2D eigenvalue weighted by atomic mass is 19.1. The van der Waals surface area contributed by atoms with Crippen molar-refractivity contribution in [2.75, 3.05) is 20.2 Å². The number of hydrogen-bond donors (Lipinski definition) is 0. The number of carbonyl (C=O) groups is 1. The number of methoxy groups -OCH3 is 1. The molecule has 172 valence electrons. The summed E-state index contributed by atoms with van der Waals surface area (Å²) in [4.78, 5) is 17.0. The molecule has 0 atom stereocenters. The van der Waals surface area contributed by atoms with E-state index in [1.165, 1.54) is 49.6 Å². The third-order valence-electron chi connectivity index (χ3n) is 7.17. The molecule has 4 rings (SSSR count). The van der Waals surface area contributed by atoms with Crippen molar-refractivity contribution in [1.82, 2.24) is 9.80 Å². The van der Waals surface area contributed by atoms with E-state index >= 15 is 0 Å². The molecule has 0 radical (unpaired) electrons. The molecule has 1 heterocycles. The molecule has 0 aromatic heterocycles. The Kier molecular flexibility index (Phi) is 7.80. The number of ether oxygens (including phenoxy) is 1. The molecule has 1 saturated carbocycles. The number of rotatable bonds is 6. The van der Waals surface area contributed by atoms with Gasteiger partial charge >= 0.3 is 6.09 Å². The molecule has 0 bridgehead atoms. The summed E-state index contributed by atoms with van der Waals surface area (Å²) >= 11 is 0. The number of amides is 1. The van der Waals surface area contributed by atoms with Crippen molar-refractivity contribution in [1.29, 1.82) is 0 Å². The summed E-state index contributed by atoms with van der Waals surface area (Å²) < 4.78 is 18.3. The number of benzene rings is 2. The molecule has 0 unspecified atom stereocenters. The standard InChI is InChI=1S/C27H35FN2O2/c1-32-27(31)30(25-8-3-2-4-9-25)20-23-7-5-6-10-26(23)22-15-17-29(18-16-22)19-21-11-13-24(28)14-12-21/h5-7,10-14,22,25H,2-4,8-9,15-20H2,1H3. The zero-order valence-electron chi connectivity index (χ0n) is 19.1. The monoisotopic (exact) mass is 438 g/mol. The fourth-order valence-corrected chi connectivity index (χ4v) is 5.36. The van der Waals surface area contributed by atoms with Gasteiger partial charge in [0, 0.05) is 19.1 Å². The number of nitrogens with zero attached hydrogens (tertiary/aromatic N) is 2. The van der Waals surface area contributed by atoms with Gasteiger partial charge < -0.3 is 9.64 Å². The van der Waals surface area contributed by atoms with Crippen molar-refractivity contribution in [3.05, 3.63) is 71.0 Å². The quantitative estimate of drug-likeness (QED) is 0.546. The molecule has 2 aliphatic rings. The zero-order valence-corrected chi connectivity index (χ0v) is 19.1. The van der Waals surface area contributed by atoms with Gasteiger partial charge in [-0.3, -0.25) is 4.90 Å². The first-order valence-corrected chi connectivity index (χ1v) is 12.0. The molecule has 2 aromatic rings. The summed E-state index contributed by atoms with van der Waals surface area (Å²) in [5, 5.41) is 0. The van der Waals surface area contributed by atoms with Gasteiger partial charge in [0.25, 0.3) is 0 Å². The van der Waals surface area contributed by atoms with Gasteiger partial charge in [-0.05, 0) is 73.5 Å². The van der Waals surface area contributed by atoms with E-state index in [4.69, 9.17) is 4.74 Å². The molecule has 4 nitrogen and oxygen atoms in total. The van der Waals surface area contributed by atoms with Gasteiger partial charge in [0.15, 0.2) is 0 Å². The Bertz CT molecular complexity index is 871. The maximum Gasteiger partial charge on any atom is 0.410 e. The molecule has 0 spiro atoms. The predicted molar refractivity (Wildman–Crippen MR) is 125 cm³/mol. The van der Waals surface area contributed by atoms with Crippen LogP contribution in [0.1, 0.15) is 67.6 Å². The van der Waals surface area contributed by atoms with Crippen LogP contribution in [-0.2, 0) is 17.8 Å². The smallest absolute Gasteiger partial charge is 0.410 e. The number of piperidine rings is 1. The lowest BCUT2D eigenvalue weighted by Crippen LogP contribution is -2.41. The largest absolute Gasteiger partial charge is 0.453 e. The van der Waals surface area contributed by atoms with Crippen molar-refractivity contribution in [2.24, 2.45) is 0 Å². The highest BCUT2D eigenvalue weighted by Gasteiger charge is 2.28. The summed E-state index contributed by atoms with van der Waals surface area (Å²) in [6.45, 7) is 3.55. The van der Waals surface area contributed by atoms with Crippen molar-refractivity contribution < 1.29 is 13.9 Å². The lowest BCUT2D eigenvalue weighted by molar-refractivity contribution is 0.0895. The molecule has 2 aromatic carbocycles. The molecule has 1 saturated heterocycles. The molecule has 32 heavy (non-hydrogen) atoms. The minimum Gasteiger partial charge on any atom is -0.453 e. The Balaban J connectivity index is 1.41. The van der Waals surface area contributed by atoms with Gasteiger partial charge in [-0.25, -0.2) is 9.18 Å². The van der Waals surface area contributed by atoms with Crippen LogP contribution < -0.4 is 0 Å². The molecule has 0 N–H and O–H groups in total. The van der Waals surface area contributed by atoms with E-state index in [0.717, 1.165) is 50.9 Å². The van der Waals surface area contributed by atoms with Crippen LogP contribution in [-0.4, -0.2) is 42.1 Å². The summed E-state index contributed by atoms with van der Waals surface area (Å²) in [6.07, 6.45) is 7.76. The van der Waals surface area contributed by atoms with Crippen LogP contribution in [0.5, 0.6) is 0 Å².